The zero-order chi connectivity index (χ0) is 21.9. The first-order valence-corrected chi connectivity index (χ1v) is 10.7. The molecule has 6 nitrogen and oxygen atoms in total. The summed E-state index contributed by atoms with van der Waals surface area (Å²) in [6, 6.07) is 1.35. The lowest BCUT2D eigenvalue weighted by atomic mass is 9.68. The van der Waals surface area contributed by atoms with Crippen LogP contribution >= 0.6 is 0 Å². The van der Waals surface area contributed by atoms with E-state index in [0.717, 1.165) is 32.1 Å². The van der Waals surface area contributed by atoms with Crippen LogP contribution in [0.2, 0.25) is 0 Å². The van der Waals surface area contributed by atoms with E-state index in [2.05, 4.69) is 38.3 Å². The first-order valence-electron chi connectivity index (χ1n) is 10.7. The molecule has 1 aliphatic heterocycles. The molecule has 0 bridgehead atoms. The summed E-state index contributed by atoms with van der Waals surface area (Å²) in [5, 5.41) is 15.5. The predicted octanol–water partition coefficient (Wildman–Crippen LogP) is 2.93. The molecule has 0 spiro atoms. The standard InChI is InChI=1S/C22H37FN4O2/c1-20(2,3)10-11-25-19(29)21(4)6-8-22(5,9-7-21)26-14-18(28)27-15-16(23)12-17(27)13-24/h16-17,26H,6-12,14-15H2,1-5H3,(H,25,29)/t16-,17-,21?,22?/m0/s1. The van der Waals surface area contributed by atoms with Crippen LogP contribution in [0.4, 0.5) is 4.39 Å². The molecule has 29 heavy (non-hydrogen) atoms. The molecule has 1 heterocycles. The van der Waals surface area contributed by atoms with Crippen molar-refractivity contribution in [1.29, 1.82) is 5.26 Å². The lowest BCUT2D eigenvalue weighted by Gasteiger charge is -2.43. The molecule has 1 saturated heterocycles. The van der Waals surface area contributed by atoms with E-state index >= 15 is 0 Å². The number of nitrogens with one attached hydrogen (secondary N) is 2. The molecule has 2 N–H and O–H groups in total. The minimum absolute atomic E-state index is 0.00224. The van der Waals surface area contributed by atoms with Gasteiger partial charge in [0.25, 0.3) is 0 Å². The molecule has 0 aromatic rings. The summed E-state index contributed by atoms with van der Waals surface area (Å²) in [6.45, 7) is 11.4. The molecule has 7 heteroatoms. The van der Waals surface area contributed by atoms with Gasteiger partial charge in [-0.1, -0.05) is 27.7 Å². The van der Waals surface area contributed by atoms with Gasteiger partial charge in [-0.2, -0.15) is 5.26 Å². The number of nitriles is 1. The molecule has 2 fully saturated rings. The van der Waals surface area contributed by atoms with Gasteiger partial charge in [0.2, 0.25) is 11.8 Å². The molecule has 0 radical (unpaired) electrons. The SMILES string of the molecule is CC(C)(C)CCNC(=O)C1(C)CCC(C)(NCC(=O)N2C[C@@H](F)C[C@H]2C#N)CC1. The quantitative estimate of drug-likeness (QED) is 0.708. The summed E-state index contributed by atoms with van der Waals surface area (Å²) in [5.41, 5.74) is -0.429. The molecular weight excluding hydrogens is 371 g/mol. The van der Waals surface area contributed by atoms with Crippen LogP contribution in [0.5, 0.6) is 0 Å². The Kier molecular flexibility index (Phi) is 7.32. The van der Waals surface area contributed by atoms with Gasteiger partial charge in [0.15, 0.2) is 0 Å². The molecule has 0 unspecified atom stereocenters. The zero-order valence-electron chi connectivity index (χ0n) is 18.6. The minimum Gasteiger partial charge on any atom is -0.356 e. The summed E-state index contributed by atoms with van der Waals surface area (Å²) in [7, 11) is 0. The van der Waals surface area contributed by atoms with Gasteiger partial charge < -0.3 is 15.5 Å². The van der Waals surface area contributed by atoms with Crippen LogP contribution < -0.4 is 10.6 Å². The van der Waals surface area contributed by atoms with E-state index < -0.39 is 12.2 Å². The van der Waals surface area contributed by atoms with Gasteiger partial charge in [0.05, 0.1) is 19.2 Å². The predicted molar refractivity (Wildman–Crippen MR) is 111 cm³/mol. The average Bonchev–Trinajstić information content (AvgIpc) is 3.02. The van der Waals surface area contributed by atoms with Gasteiger partial charge >= 0.3 is 0 Å². The van der Waals surface area contributed by atoms with Crippen molar-refractivity contribution in [3.05, 3.63) is 0 Å². The van der Waals surface area contributed by atoms with Crippen molar-refractivity contribution in [3.63, 3.8) is 0 Å². The van der Waals surface area contributed by atoms with Crippen molar-refractivity contribution < 1.29 is 14.0 Å². The third kappa shape index (κ3) is 6.40. The number of halogens is 1. The van der Waals surface area contributed by atoms with Crippen molar-refractivity contribution in [2.45, 2.75) is 90.9 Å². The number of rotatable bonds is 6. The monoisotopic (exact) mass is 408 g/mol. The molecule has 0 aromatic heterocycles. The Bertz CT molecular complexity index is 644. The van der Waals surface area contributed by atoms with Gasteiger partial charge in [-0.3, -0.25) is 9.59 Å². The van der Waals surface area contributed by atoms with Crippen molar-refractivity contribution in [3.8, 4) is 6.07 Å². The normalized spacial score (nSPS) is 32.7. The van der Waals surface area contributed by atoms with Crippen LogP contribution in [0, 0.1) is 22.2 Å². The fourth-order valence-corrected chi connectivity index (χ4v) is 4.10. The van der Waals surface area contributed by atoms with Crippen molar-refractivity contribution in [2.75, 3.05) is 19.6 Å². The van der Waals surface area contributed by atoms with Crippen molar-refractivity contribution >= 4 is 11.8 Å². The largest absolute Gasteiger partial charge is 0.356 e. The Morgan fingerprint density at radius 3 is 2.38 bits per heavy atom. The number of alkyl halides is 1. The Labute approximate surface area is 174 Å². The highest BCUT2D eigenvalue weighted by Gasteiger charge is 2.42. The Hall–Kier alpha value is -1.68. The van der Waals surface area contributed by atoms with Crippen LogP contribution in [-0.4, -0.2) is 54.1 Å². The molecule has 2 amide bonds. The number of nitrogens with zero attached hydrogens (tertiary/aromatic N) is 2. The number of carbonyl (C=O) groups excluding carboxylic acids is 2. The Morgan fingerprint density at radius 1 is 1.21 bits per heavy atom. The maximum atomic E-state index is 13.6. The average molecular weight is 409 g/mol. The summed E-state index contributed by atoms with van der Waals surface area (Å²) >= 11 is 0. The van der Waals surface area contributed by atoms with Crippen LogP contribution in [0.25, 0.3) is 0 Å². The van der Waals surface area contributed by atoms with Gasteiger partial charge in [0, 0.05) is 23.9 Å². The number of hydrogen-bond acceptors (Lipinski definition) is 4. The highest BCUT2D eigenvalue weighted by Crippen LogP contribution is 2.40. The number of likely N-dealkylation sites (tertiary alicyclic amines) is 1. The first kappa shape index (κ1) is 23.6. The van der Waals surface area contributed by atoms with E-state index in [0.29, 0.717) is 6.54 Å². The lowest BCUT2D eigenvalue weighted by Crippen LogP contribution is -2.53. The van der Waals surface area contributed by atoms with Crippen molar-refractivity contribution in [2.24, 2.45) is 10.8 Å². The van der Waals surface area contributed by atoms with E-state index in [1.165, 1.54) is 4.90 Å². The Morgan fingerprint density at radius 2 is 1.83 bits per heavy atom. The highest BCUT2D eigenvalue weighted by molar-refractivity contribution is 5.82. The molecule has 2 atom stereocenters. The lowest BCUT2D eigenvalue weighted by molar-refractivity contribution is -0.134. The van der Waals surface area contributed by atoms with Crippen LogP contribution in [-0.2, 0) is 9.59 Å². The number of carbonyl (C=O) groups is 2. The summed E-state index contributed by atoms with van der Waals surface area (Å²) in [5.74, 6) is -0.117. The van der Waals surface area contributed by atoms with E-state index in [4.69, 9.17) is 5.26 Å². The van der Waals surface area contributed by atoms with Crippen LogP contribution in [0.15, 0.2) is 0 Å². The third-order valence-corrected chi connectivity index (χ3v) is 6.55. The molecule has 2 rings (SSSR count). The van der Waals surface area contributed by atoms with E-state index in [1.54, 1.807) is 0 Å². The van der Waals surface area contributed by atoms with E-state index in [9.17, 15) is 14.0 Å². The first-order chi connectivity index (χ1) is 13.4. The molecule has 2 aliphatic rings. The summed E-state index contributed by atoms with van der Waals surface area (Å²) < 4.78 is 13.6. The van der Waals surface area contributed by atoms with Crippen LogP contribution in [0.3, 0.4) is 0 Å². The summed E-state index contributed by atoms with van der Waals surface area (Å²) in [6.07, 6.45) is 3.00. The van der Waals surface area contributed by atoms with E-state index in [-0.39, 0.29) is 47.7 Å². The third-order valence-electron chi connectivity index (χ3n) is 6.55. The molecule has 1 saturated carbocycles. The van der Waals surface area contributed by atoms with Crippen molar-refractivity contribution in [1.82, 2.24) is 15.5 Å². The maximum absolute atomic E-state index is 13.6. The molecule has 164 valence electrons. The topological polar surface area (TPSA) is 85.2 Å². The maximum Gasteiger partial charge on any atom is 0.237 e. The second-order valence-corrected chi connectivity index (χ2v) is 10.6. The second kappa shape index (κ2) is 8.99. The molecule has 1 aliphatic carbocycles. The minimum atomic E-state index is -1.12. The fourth-order valence-electron chi connectivity index (χ4n) is 4.10. The molecule has 0 aromatic carbocycles. The zero-order valence-corrected chi connectivity index (χ0v) is 18.6. The smallest absolute Gasteiger partial charge is 0.237 e. The fraction of sp³-hybridized carbons (Fsp3) is 0.864. The van der Waals surface area contributed by atoms with Gasteiger partial charge in [-0.05, 0) is 44.4 Å². The second-order valence-electron chi connectivity index (χ2n) is 10.6. The van der Waals surface area contributed by atoms with E-state index in [1.807, 2.05) is 13.0 Å². The van der Waals surface area contributed by atoms with Gasteiger partial charge in [-0.25, -0.2) is 4.39 Å². The number of amides is 2. The Balaban J connectivity index is 1.81. The summed E-state index contributed by atoms with van der Waals surface area (Å²) in [4.78, 5) is 26.5. The van der Waals surface area contributed by atoms with Gasteiger partial charge in [0.1, 0.15) is 12.2 Å². The highest BCUT2D eigenvalue weighted by atomic mass is 19.1. The van der Waals surface area contributed by atoms with Gasteiger partial charge in [-0.15, -0.1) is 0 Å². The van der Waals surface area contributed by atoms with Crippen LogP contribution in [0.1, 0.15) is 73.1 Å². The molecular formula is C22H37FN4O2. The number of hydrogen-bond donors (Lipinski definition) is 2.